The van der Waals surface area contributed by atoms with Gasteiger partial charge in [-0.25, -0.2) is 0 Å². The first-order valence-corrected chi connectivity index (χ1v) is 8.03. The average Bonchev–Trinajstić information content (AvgIpc) is 2.61. The summed E-state index contributed by atoms with van der Waals surface area (Å²) in [6.07, 6.45) is 0.908. The zero-order valence-electron chi connectivity index (χ0n) is 14.3. The molecule has 5 nitrogen and oxygen atoms in total. The van der Waals surface area contributed by atoms with Crippen molar-refractivity contribution in [2.24, 2.45) is 0 Å². The predicted octanol–water partition coefficient (Wildman–Crippen LogP) is 4.14. The van der Waals surface area contributed by atoms with Crippen LogP contribution < -0.4 is 19.5 Å². The van der Waals surface area contributed by atoms with Crippen LogP contribution in [0.5, 0.6) is 17.2 Å². The van der Waals surface area contributed by atoms with Gasteiger partial charge in [-0.15, -0.1) is 0 Å². The molecule has 1 amide bonds. The van der Waals surface area contributed by atoms with Crippen LogP contribution in [0.15, 0.2) is 42.5 Å². The third-order valence-corrected chi connectivity index (χ3v) is 3.32. The van der Waals surface area contributed by atoms with E-state index in [1.807, 2.05) is 13.8 Å². The Bertz CT molecular complexity index is 668. The first-order valence-electron chi connectivity index (χ1n) is 8.03. The number of benzene rings is 2. The Morgan fingerprint density at radius 2 is 1.75 bits per heavy atom. The molecule has 5 heteroatoms. The fraction of sp³-hybridized carbons (Fsp3) is 0.316. The van der Waals surface area contributed by atoms with Crippen LogP contribution in [-0.2, 0) is 0 Å². The Kier molecular flexibility index (Phi) is 6.49. The molecule has 0 heterocycles. The number of carbonyl (C=O) groups is 1. The quantitative estimate of drug-likeness (QED) is 0.791. The van der Waals surface area contributed by atoms with Crippen molar-refractivity contribution >= 4 is 11.6 Å². The minimum Gasteiger partial charge on any atom is -0.497 e. The molecule has 0 radical (unpaired) electrons. The number of rotatable bonds is 8. The van der Waals surface area contributed by atoms with Crippen LogP contribution in [0.25, 0.3) is 0 Å². The molecule has 24 heavy (non-hydrogen) atoms. The SMILES string of the molecule is CCCOc1ccc(C(=O)Nc2ccc(OC)cc2)cc1OCC. The molecule has 2 rings (SSSR count). The molecule has 0 bridgehead atoms. The summed E-state index contributed by atoms with van der Waals surface area (Å²) in [7, 11) is 1.60. The molecular weight excluding hydrogens is 306 g/mol. The highest BCUT2D eigenvalue weighted by Crippen LogP contribution is 2.29. The van der Waals surface area contributed by atoms with Gasteiger partial charge in [0.05, 0.1) is 20.3 Å². The molecule has 0 aliphatic carbocycles. The maximum Gasteiger partial charge on any atom is 0.255 e. The van der Waals surface area contributed by atoms with Gasteiger partial charge in [-0.2, -0.15) is 0 Å². The highest BCUT2D eigenvalue weighted by molar-refractivity contribution is 6.04. The molecule has 0 spiro atoms. The van der Waals surface area contributed by atoms with E-state index in [0.29, 0.717) is 36.0 Å². The number of methoxy groups -OCH3 is 1. The zero-order chi connectivity index (χ0) is 17.4. The van der Waals surface area contributed by atoms with E-state index in [0.717, 1.165) is 12.2 Å². The monoisotopic (exact) mass is 329 g/mol. The summed E-state index contributed by atoms with van der Waals surface area (Å²) in [6, 6.07) is 12.4. The van der Waals surface area contributed by atoms with Gasteiger partial charge in [-0.1, -0.05) is 6.92 Å². The van der Waals surface area contributed by atoms with Crippen molar-refractivity contribution in [1.82, 2.24) is 0 Å². The first kappa shape index (κ1) is 17.7. The number of hydrogen-bond acceptors (Lipinski definition) is 4. The molecule has 0 fully saturated rings. The molecule has 0 saturated heterocycles. The lowest BCUT2D eigenvalue weighted by molar-refractivity contribution is 0.102. The molecular formula is C19H23NO4. The van der Waals surface area contributed by atoms with E-state index in [2.05, 4.69) is 5.32 Å². The molecule has 1 N–H and O–H groups in total. The van der Waals surface area contributed by atoms with E-state index in [4.69, 9.17) is 14.2 Å². The third-order valence-electron chi connectivity index (χ3n) is 3.32. The van der Waals surface area contributed by atoms with Crippen LogP contribution in [-0.4, -0.2) is 26.2 Å². The fourth-order valence-electron chi connectivity index (χ4n) is 2.13. The smallest absolute Gasteiger partial charge is 0.255 e. The van der Waals surface area contributed by atoms with Crippen molar-refractivity contribution in [2.75, 3.05) is 25.6 Å². The van der Waals surface area contributed by atoms with Crippen LogP contribution in [0, 0.1) is 0 Å². The lowest BCUT2D eigenvalue weighted by Gasteiger charge is -2.13. The Morgan fingerprint density at radius 1 is 1.00 bits per heavy atom. The number of anilines is 1. The number of nitrogens with one attached hydrogen (secondary N) is 1. The van der Waals surface area contributed by atoms with Crippen molar-refractivity contribution in [2.45, 2.75) is 20.3 Å². The summed E-state index contributed by atoms with van der Waals surface area (Å²) in [5.74, 6) is 1.76. The summed E-state index contributed by atoms with van der Waals surface area (Å²) in [5, 5.41) is 2.85. The molecule has 0 aliphatic rings. The van der Waals surface area contributed by atoms with Gasteiger partial charge in [-0.3, -0.25) is 4.79 Å². The summed E-state index contributed by atoms with van der Waals surface area (Å²) >= 11 is 0. The number of carbonyl (C=O) groups excluding carboxylic acids is 1. The van der Waals surface area contributed by atoms with E-state index < -0.39 is 0 Å². The molecule has 2 aromatic rings. The maximum atomic E-state index is 12.4. The minimum absolute atomic E-state index is 0.205. The second kappa shape index (κ2) is 8.82. The van der Waals surface area contributed by atoms with E-state index in [9.17, 15) is 4.79 Å². The van der Waals surface area contributed by atoms with Gasteiger partial charge in [0, 0.05) is 11.3 Å². The Labute approximate surface area is 142 Å². The number of amides is 1. The second-order valence-electron chi connectivity index (χ2n) is 5.13. The van der Waals surface area contributed by atoms with Crippen LogP contribution in [0.4, 0.5) is 5.69 Å². The van der Waals surface area contributed by atoms with Crippen molar-refractivity contribution in [1.29, 1.82) is 0 Å². The highest BCUT2D eigenvalue weighted by Gasteiger charge is 2.12. The fourth-order valence-corrected chi connectivity index (χ4v) is 2.13. The van der Waals surface area contributed by atoms with Gasteiger partial charge in [0.15, 0.2) is 11.5 Å². The summed E-state index contributed by atoms with van der Waals surface area (Å²) < 4.78 is 16.3. The highest BCUT2D eigenvalue weighted by atomic mass is 16.5. The van der Waals surface area contributed by atoms with E-state index in [1.54, 1.807) is 49.6 Å². The molecule has 0 aliphatic heterocycles. The van der Waals surface area contributed by atoms with Gasteiger partial charge in [0.25, 0.3) is 5.91 Å². The van der Waals surface area contributed by atoms with Crippen LogP contribution in [0.1, 0.15) is 30.6 Å². The number of ether oxygens (including phenoxy) is 3. The first-order chi connectivity index (χ1) is 11.7. The van der Waals surface area contributed by atoms with Crippen LogP contribution in [0.3, 0.4) is 0 Å². The van der Waals surface area contributed by atoms with Crippen molar-refractivity contribution < 1.29 is 19.0 Å². The maximum absolute atomic E-state index is 12.4. The van der Waals surface area contributed by atoms with Gasteiger partial charge in [0.2, 0.25) is 0 Å². The summed E-state index contributed by atoms with van der Waals surface area (Å²) in [6.45, 7) is 5.05. The molecule has 2 aromatic carbocycles. The Hall–Kier alpha value is -2.69. The van der Waals surface area contributed by atoms with Crippen LogP contribution >= 0.6 is 0 Å². The van der Waals surface area contributed by atoms with Crippen molar-refractivity contribution in [3.8, 4) is 17.2 Å². The third kappa shape index (κ3) is 4.65. The topological polar surface area (TPSA) is 56.8 Å². The normalized spacial score (nSPS) is 10.1. The zero-order valence-corrected chi connectivity index (χ0v) is 14.3. The van der Waals surface area contributed by atoms with E-state index in [1.165, 1.54) is 0 Å². The largest absolute Gasteiger partial charge is 0.497 e. The van der Waals surface area contributed by atoms with Gasteiger partial charge in [0.1, 0.15) is 5.75 Å². The second-order valence-corrected chi connectivity index (χ2v) is 5.13. The van der Waals surface area contributed by atoms with Gasteiger partial charge in [-0.05, 0) is 55.8 Å². The van der Waals surface area contributed by atoms with E-state index in [-0.39, 0.29) is 5.91 Å². The molecule has 0 atom stereocenters. The van der Waals surface area contributed by atoms with E-state index >= 15 is 0 Å². The Balaban J connectivity index is 2.13. The van der Waals surface area contributed by atoms with Gasteiger partial charge >= 0.3 is 0 Å². The lowest BCUT2D eigenvalue weighted by atomic mass is 10.1. The van der Waals surface area contributed by atoms with Gasteiger partial charge < -0.3 is 19.5 Å². The molecule has 0 unspecified atom stereocenters. The number of hydrogen-bond donors (Lipinski definition) is 1. The van der Waals surface area contributed by atoms with Crippen molar-refractivity contribution in [3.63, 3.8) is 0 Å². The summed E-state index contributed by atoms with van der Waals surface area (Å²) in [5.41, 5.74) is 1.21. The minimum atomic E-state index is -0.205. The average molecular weight is 329 g/mol. The van der Waals surface area contributed by atoms with Crippen LogP contribution in [0.2, 0.25) is 0 Å². The van der Waals surface area contributed by atoms with Crippen molar-refractivity contribution in [3.05, 3.63) is 48.0 Å². The lowest BCUT2D eigenvalue weighted by Crippen LogP contribution is -2.12. The molecule has 128 valence electrons. The Morgan fingerprint density at radius 3 is 2.38 bits per heavy atom. The standard InChI is InChI=1S/C19H23NO4/c1-4-12-24-17-11-6-14(13-18(17)23-5-2)19(21)20-15-7-9-16(22-3)10-8-15/h6-11,13H,4-5,12H2,1-3H3,(H,20,21). The molecule has 0 aromatic heterocycles. The predicted molar refractivity (Wildman–Crippen MR) is 94.3 cm³/mol. The summed E-state index contributed by atoms with van der Waals surface area (Å²) in [4.78, 5) is 12.4. The molecule has 0 saturated carbocycles.